The Balaban J connectivity index is 0.989. The molecule has 0 aliphatic rings. The van der Waals surface area contributed by atoms with Crippen LogP contribution in [0.4, 0.5) is 0 Å². The van der Waals surface area contributed by atoms with Gasteiger partial charge in [-0.05, 0) is 53.6 Å². The molecule has 8 aromatic carbocycles. The zero-order valence-electron chi connectivity index (χ0n) is 33.5. The summed E-state index contributed by atoms with van der Waals surface area (Å²) in [7, 11) is 0. The summed E-state index contributed by atoms with van der Waals surface area (Å²) in [5.74, 6) is 2.27. The molecule has 0 saturated carbocycles. The summed E-state index contributed by atoms with van der Waals surface area (Å²) < 4.78 is 11.3. The van der Waals surface area contributed by atoms with E-state index >= 15 is 0 Å². The number of hydrogen-bond acceptors (Lipinski definition) is 7. The van der Waals surface area contributed by atoms with E-state index in [4.69, 9.17) is 29.3 Å². The van der Waals surface area contributed by atoms with Gasteiger partial charge in [0.1, 0.15) is 11.2 Å². The van der Waals surface area contributed by atoms with Crippen molar-refractivity contribution in [3.63, 3.8) is 0 Å². The van der Waals surface area contributed by atoms with Gasteiger partial charge in [0, 0.05) is 48.3 Å². The number of furan rings is 1. The number of nitrogens with zero attached hydrogens (tertiary/aromatic N) is 6. The van der Waals surface area contributed by atoms with E-state index in [0.717, 1.165) is 87.3 Å². The van der Waals surface area contributed by atoms with Gasteiger partial charge in [0.25, 0.3) is 0 Å². The van der Waals surface area contributed by atoms with E-state index in [-0.39, 0.29) is 0 Å². The summed E-state index contributed by atoms with van der Waals surface area (Å²) in [6, 6.07) is 66.8. The summed E-state index contributed by atoms with van der Waals surface area (Å²) in [5.41, 5.74) is 11.2. The summed E-state index contributed by atoms with van der Waals surface area (Å²) in [6.45, 7) is 0. The van der Waals surface area contributed by atoms with E-state index in [1.165, 1.54) is 10.3 Å². The van der Waals surface area contributed by atoms with E-state index in [1.807, 2.05) is 48.5 Å². The number of aromatic nitrogens is 6. The highest BCUT2D eigenvalue weighted by atomic mass is 32.1. The van der Waals surface area contributed by atoms with Crippen molar-refractivity contribution in [2.75, 3.05) is 0 Å². The predicted molar refractivity (Wildman–Crippen MR) is 257 cm³/mol. The number of rotatable bonds is 6. The lowest BCUT2D eigenvalue weighted by atomic mass is 10.0. The Kier molecular flexibility index (Phi) is 7.94. The molecule has 0 aliphatic carbocycles. The summed E-state index contributed by atoms with van der Waals surface area (Å²) in [6.07, 6.45) is 0. The molecule has 0 atom stereocenters. The third-order valence-corrected chi connectivity index (χ3v) is 13.1. The lowest BCUT2D eigenvalue weighted by Crippen LogP contribution is -2.06. The Morgan fingerprint density at radius 3 is 1.86 bits per heavy atom. The van der Waals surface area contributed by atoms with Crippen LogP contribution in [0.2, 0.25) is 0 Å². The van der Waals surface area contributed by atoms with Crippen molar-refractivity contribution in [1.82, 2.24) is 29.5 Å². The monoisotopic (exact) mass is 824 g/mol. The average Bonchev–Trinajstić information content (AvgIpc) is 4.03. The van der Waals surface area contributed by atoms with Gasteiger partial charge >= 0.3 is 0 Å². The van der Waals surface area contributed by atoms with Gasteiger partial charge in [-0.15, -0.1) is 11.3 Å². The Labute approximate surface area is 364 Å². The molecule has 5 aromatic heterocycles. The van der Waals surface area contributed by atoms with Crippen LogP contribution >= 0.6 is 11.3 Å². The molecule has 0 aliphatic heterocycles. The van der Waals surface area contributed by atoms with E-state index in [2.05, 4.69) is 150 Å². The normalized spacial score (nSPS) is 11.8. The zero-order valence-corrected chi connectivity index (χ0v) is 34.3. The number of para-hydroxylation sites is 2. The molecule has 5 heterocycles. The number of hydrogen-bond donors (Lipinski definition) is 0. The van der Waals surface area contributed by atoms with Crippen molar-refractivity contribution in [2.45, 2.75) is 0 Å². The van der Waals surface area contributed by atoms with Crippen LogP contribution < -0.4 is 0 Å². The Bertz CT molecular complexity index is 3910. The number of fused-ring (bicyclic) bond motifs is 9. The number of benzene rings is 8. The molecule has 0 radical (unpaired) electrons. The first-order chi connectivity index (χ1) is 31.2. The first-order valence-corrected chi connectivity index (χ1v) is 21.6. The van der Waals surface area contributed by atoms with Crippen molar-refractivity contribution in [1.29, 1.82) is 0 Å². The van der Waals surface area contributed by atoms with Crippen molar-refractivity contribution < 1.29 is 4.42 Å². The van der Waals surface area contributed by atoms with Crippen LogP contribution in [0.3, 0.4) is 0 Å². The quantitative estimate of drug-likeness (QED) is 0.166. The van der Waals surface area contributed by atoms with Gasteiger partial charge in [0.2, 0.25) is 5.95 Å². The van der Waals surface area contributed by atoms with Gasteiger partial charge in [-0.25, -0.2) is 15.0 Å². The largest absolute Gasteiger partial charge is 0.455 e. The van der Waals surface area contributed by atoms with Crippen LogP contribution in [-0.2, 0) is 0 Å². The van der Waals surface area contributed by atoms with Crippen LogP contribution in [-0.4, -0.2) is 29.5 Å². The molecule has 0 bridgehead atoms. The fourth-order valence-electron chi connectivity index (χ4n) is 8.93. The minimum Gasteiger partial charge on any atom is -0.455 e. The highest BCUT2D eigenvalue weighted by Crippen LogP contribution is 2.42. The van der Waals surface area contributed by atoms with E-state index in [0.29, 0.717) is 29.0 Å². The van der Waals surface area contributed by atoms with Crippen molar-refractivity contribution in [3.05, 3.63) is 194 Å². The second kappa shape index (κ2) is 14.1. The maximum Gasteiger partial charge on any atom is 0.238 e. The van der Waals surface area contributed by atoms with Crippen molar-refractivity contribution in [3.8, 4) is 62.5 Å². The van der Waals surface area contributed by atoms with Gasteiger partial charge in [0.05, 0.1) is 32.5 Å². The average molecular weight is 825 g/mol. The maximum atomic E-state index is 6.85. The Morgan fingerprint density at radius 2 is 1.05 bits per heavy atom. The van der Waals surface area contributed by atoms with Gasteiger partial charge in [-0.2, -0.15) is 9.97 Å². The summed E-state index contributed by atoms with van der Waals surface area (Å²) in [4.78, 5) is 26.0. The molecule has 13 aromatic rings. The Hall–Kier alpha value is -8.33. The van der Waals surface area contributed by atoms with Gasteiger partial charge in [-0.3, -0.25) is 4.57 Å². The fourth-order valence-corrected chi connectivity index (χ4v) is 10.1. The molecule has 0 fully saturated rings. The smallest absolute Gasteiger partial charge is 0.238 e. The predicted octanol–water partition coefficient (Wildman–Crippen LogP) is 14.4. The first-order valence-electron chi connectivity index (χ1n) is 20.8. The maximum absolute atomic E-state index is 6.85. The van der Waals surface area contributed by atoms with E-state index < -0.39 is 0 Å². The lowest BCUT2D eigenvalue weighted by Gasteiger charge is -2.11. The second-order valence-electron chi connectivity index (χ2n) is 15.6. The minimum atomic E-state index is 0.534. The third kappa shape index (κ3) is 5.76. The van der Waals surface area contributed by atoms with E-state index in [1.54, 1.807) is 11.3 Å². The molecule has 0 amide bonds. The standard InChI is InChI=1S/C55H32N6OS/c1-4-15-33(16-5-1)36-28-30-45-43(31-36)38-21-10-12-25-44(38)61(45)55-59-52(35-19-8-3-9-20-35)58-53(60-55)37-27-29-39-40-23-14-24-42(50(40)62-46(39)32-37)54-56-48(34-17-6-2-7-18-34)51-49(57-54)41-22-11-13-26-47(41)63-51/h1-32H. The molecule has 8 heteroatoms. The SMILES string of the molecule is c1ccc(-c2ccc3c(c2)c2ccccc2n3-c2nc(-c3ccccc3)nc(-c3ccc4c(c3)oc3c(-c5nc(-c6ccccc6)c6sc7ccccc7c6n5)cccc34)n2)cc1. The van der Waals surface area contributed by atoms with Gasteiger partial charge < -0.3 is 4.42 Å². The van der Waals surface area contributed by atoms with Crippen LogP contribution in [0.5, 0.6) is 0 Å². The molecule has 0 spiro atoms. The van der Waals surface area contributed by atoms with Gasteiger partial charge in [0.15, 0.2) is 17.5 Å². The summed E-state index contributed by atoms with van der Waals surface area (Å²) in [5, 5.41) is 5.33. The molecule has 63 heavy (non-hydrogen) atoms. The molecule has 0 unspecified atom stereocenters. The molecule has 0 saturated heterocycles. The van der Waals surface area contributed by atoms with Gasteiger partial charge in [-0.1, -0.05) is 152 Å². The van der Waals surface area contributed by atoms with E-state index in [9.17, 15) is 0 Å². The second-order valence-corrected chi connectivity index (χ2v) is 16.7. The lowest BCUT2D eigenvalue weighted by molar-refractivity contribution is 0.669. The molecule has 7 nitrogen and oxygen atoms in total. The fraction of sp³-hybridized carbons (Fsp3) is 0. The third-order valence-electron chi connectivity index (χ3n) is 11.9. The highest BCUT2D eigenvalue weighted by Gasteiger charge is 2.22. The van der Waals surface area contributed by atoms with Crippen LogP contribution in [0, 0.1) is 0 Å². The zero-order chi connectivity index (χ0) is 41.4. The molecular formula is C55H32N6OS. The molecule has 0 N–H and O–H groups in total. The topological polar surface area (TPSA) is 82.5 Å². The van der Waals surface area contributed by atoms with Crippen LogP contribution in [0.15, 0.2) is 199 Å². The number of thiophene rings is 1. The van der Waals surface area contributed by atoms with Crippen molar-refractivity contribution in [2.24, 2.45) is 0 Å². The molecule has 13 rings (SSSR count). The van der Waals surface area contributed by atoms with Crippen LogP contribution in [0.25, 0.3) is 127 Å². The highest BCUT2D eigenvalue weighted by molar-refractivity contribution is 7.26. The first kappa shape index (κ1) is 35.4. The molecular weight excluding hydrogens is 793 g/mol. The van der Waals surface area contributed by atoms with Crippen LogP contribution in [0.1, 0.15) is 0 Å². The minimum absolute atomic E-state index is 0.534. The summed E-state index contributed by atoms with van der Waals surface area (Å²) >= 11 is 1.73. The van der Waals surface area contributed by atoms with Crippen molar-refractivity contribution >= 4 is 75.4 Å². The Morgan fingerprint density at radius 1 is 0.397 bits per heavy atom. The molecule has 294 valence electrons.